The monoisotopic (exact) mass is 748 g/mol. The van der Waals surface area contributed by atoms with Gasteiger partial charge < -0.3 is 36.6 Å². The van der Waals surface area contributed by atoms with Gasteiger partial charge in [-0.25, -0.2) is 9.59 Å². The maximum atomic E-state index is 14.1. The molecule has 4 atom stereocenters. The fraction of sp³-hybridized carbons (Fsp3) is 0.561. The Morgan fingerprint density at radius 1 is 0.833 bits per heavy atom. The molecule has 1 saturated heterocycles. The van der Waals surface area contributed by atoms with Gasteiger partial charge in [0.05, 0.1) is 19.2 Å². The Morgan fingerprint density at radius 2 is 1.43 bits per heavy atom. The number of amides is 5. The highest BCUT2D eigenvalue weighted by atomic mass is 16.5. The van der Waals surface area contributed by atoms with Gasteiger partial charge in [-0.1, -0.05) is 80.9 Å². The van der Waals surface area contributed by atoms with Crippen molar-refractivity contribution < 1.29 is 33.5 Å². The second-order valence-electron chi connectivity index (χ2n) is 14.6. The summed E-state index contributed by atoms with van der Waals surface area (Å²) in [4.78, 5) is 80.7. The summed E-state index contributed by atoms with van der Waals surface area (Å²) in [6.07, 6.45) is 3.08. The minimum Gasteiger partial charge on any atom is -0.453 e. The normalized spacial score (nSPS) is 15.3. The van der Waals surface area contributed by atoms with E-state index in [0.717, 1.165) is 11.1 Å². The predicted molar refractivity (Wildman–Crippen MR) is 207 cm³/mol. The highest BCUT2D eigenvalue weighted by Crippen LogP contribution is 2.23. The van der Waals surface area contributed by atoms with Crippen molar-refractivity contribution >= 4 is 35.5 Å². The fourth-order valence-corrected chi connectivity index (χ4v) is 6.80. The lowest BCUT2D eigenvalue weighted by Gasteiger charge is -2.35. The van der Waals surface area contributed by atoms with Crippen molar-refractivity contribution in [2.24, 2.45) is 23.5 Å². The lowest BCUT2D eigenvalue weighted by atomic mass is 9.87. The smallest absolute Gasteiger partial charge is 0.406 e. The minimum absolute atomic E-state index is 0.0538. The second-order valence-corrected chi connectivity index (χ2v) is 14.6. The maximum Gasteiger partial charge on any atom is 0.406 e. The van der Waals surface area contributed by atoms with Crippen LogP contribution in [0.5, 0.6) is 0 Å². The Kier molecular flexibility index (Phi) is 18.7. The number of hydrogen-bond donors (Lipinski definition) is 5. The summed E-state index contributed by atoms with van der Waals surface area (Å²) in [6.45, 7) is 5.17. The van der Waals surface area contributed by atoms with Gasteiger partial charge in [-0.15, -0.1) is 0 Å². The summed E-state index contributed by atoms with van der Waals surface area (Å²) < 4.78 is 4.64. The Bertz CT molecular complexity index is 1500. The molecular formula is C41H60N6O7. The number of urea groups is 1. The number of alkyl carbamates (subject to hydrolysis) is 1. The van der Waals surface area contributed by atoms with Gasteiger partial charge >= 0.3 is 12.1 Å². The van der Waals surface area contributed by atoms with E-state index in [2.05, 4.69) is 26.0 Å². The van der Waals surface area contributed by atoms with Crippen LogP contribution in [0.4, 0.5) is 9.59 Å². The molecule has 0 radical (unpaired) electrons. The molecule has 2 aromatic carbocycles. The van der Waals surface area contributed by atoms with Crippen molar-refractivity contribution in [1.82, 2.24) is 26.2 Å². The minimum atomic E-state index is -0.859. The van der Waals surface area contributed by atoms with Crippen LogP contribution >= 0.6 is 0 Å². The van der Waals surface area contributed by atoms with E-state index in [1.807, 2.05) is 74.5 Å². The van der Waals surface area contributed by atoms with Crippen molar-refractivity contribution in [2.75, 3.05) is 33.8 Å². The quantitative estimate of drug-likeness (QED) is 0.119. The fourth-order valence-electron chi connectivity index (χ4n) is 6.80. The van der Waals surface area contributed by atoms with Crippen LogP contribution < -0.4 is 27.0 Å². The molecule has 1 aliphatic heterocycles. The number of hydrogen-bond acceptors (Lipinski definition) is 8. The molecule has 54 heavy (non-hydrogen) atoms. The number of Topliss-reactive ketones (excluding diaryl/α,β-unsaturated/α-hetero) is 2. The zero-order valence-electron chi connectivity index (χ0n) is 32.3. The van der Waals surface area contributed by atoms with Gasteiger partial charge in [-0.3, -0.25) is 19.2 Å². The topological polar surface area (TPSA) is 189 Å². The predicted octanol–water partition coefficient (Wildman–Crippen LogP) is 3.93. The van der Waals surface area contributed by atoms with Crippen LogP contribution in [-0.2, 0) is 36.8 Å². The first-order valence-electron chi connectivity index (χ1n) is 19.2. The first-order chi connectivity index (χ1) is 25.9. The Morgan fingerprint density at radius 3 is 2.00 bits per heavy atom. The standard InChI is InChI=1S/C41H60N6O7/c1-28(2)23-35(46-38(50)32(24-29-13-7-5-8-14-29)27-36(48)34(42)25-30-15-9-6-10-16-30)37(49)26-31(17-11-12-20-44-41(53)54-4)39(51)47-21-18-33(19-22-47)45-40(52)43-3/h5-10,13-16,28,31-35H,11-12,17-27,42H2,1-4H3,(H,44,53)(H,46,50)(H2,43,45,52)/t31-,32-,34+,35+/m0/s1. The van der Waals surface area contributed by atoms with Gasteiger partial charge in [0.15, 0.2) is 11.6 Å². The number of carbonyl (C=O) groups excluding carboxylic acids is 6. The molecule has 5 amide bonds. The zero-order valence-corrected chi connectivity index (χ0v) is 32.3. The number of ether oxygens (including phenoxy) is 1. The molecule has 13 nitrogen and oxygen atoms in total. The van der Waals surface area contributed by atoms with Gasteiger partial charge in [0, 0.05) is 57.4 Å². The second kappa shape index (κ2) is 23.1. The van der Waals surface area contributed by atoms with Crippen molar-refractivity contribution in [1.29, 1.82) is 0 Å². The van der Waals surface area contributed by atoms with E-state index < -0.39 is 35.9 Å². The molecule has 0 spiro atoms. The highest BCUT2D eigenvalue weighted by molar-refractivity contribution is 5.95. The number of carbonyl (C=O) groups is 6. The summed E-state index contributed by atoms with van der Waals surface area (Å²) in [6, 6.07) is 17.0. The largest absolute Gasteiger partial charge is 0.453 e. The first-order valence-corrected chi connectivity index (χ1v) is 19.2. The van der Waals surface area contributed by atoms with Gasteiger partial charge in [0.2, 0.25) is 11.8 Å². The SMILES string of the molecule is CNC(=O)NC1CCN(C(=O)[C@@H](CCCCNC(=O)OC)CC(=O)[C@@H](CC(C)C)NC(=O)[C@H](CC(=O)[C@H](N)Cc2ccccc2)Cc2ccccc2)CC1. The number of rotatable bonds is 21. The van der Waals surface area contributed by atoms with E-state index in [1.54, 1.807) is 11.9 Å². The number of ketones is 2. The van der Waals surface area contributed by atoms with E-state index in [1.165, 1.54) is 7.11 Å². The highest BCUT2D eigenvalue weighted by Gasteiger charge is 2.34. The molecule has 1 heterocycles. The molecule has 0 bridgehead atoms. The number of unbranched alkanes of at least 4 members (excludes halogenated alkanes) is 1. The van der Waals surface area contributed by atoms with Crippen molar-refractivity contribution in [2.45, 2.75) is 96.2 Å². The van der Waals surface area contributed by atoms with Gasteiger partial charge in [0.25, 0.3) is 0 Å². The third-order valence-electron chi connectivity index (χ3n) is 9.87. The van der Waals surface area contributed by atoms with E-state index in [-0.39, 0.29) is 48.3 Å². The number of nitrogens with one attached hydrogen (secondary N) is 4. The van der Waals surface area contributed by atoms with Gasteiger partial charge in [0.1, 0.15) is 0 Å². The van der Waals surface area contributed by atoms with Crippen molar-refractivity contribution in [3.8, 4) is 0 Å². The zero-order chi connectivity index (χ0) is 39.5. The third kappa shape index (κ3) is 15.3. The number of nitrogens with zero attached hydrogens (tertiary/aromatic N) is 1. The van der Waals surface area contributed by atoms with Gasteiger partial charge in [-0.2, -0.15) is 0 Å². The number of methoxy groups -OCH3 is 1. The molecule has 296 valence electrons. The summed E-state index contributed by atoms with van der Waals surface area (Å²) in [7, 11) is 2.84. The third-order valence-corrected chi connectivity index (χ3v) is 9.87. The summed E-state index contributed by atoms with van der Waals surface area (Å²) in [5.41, 5.74) is 8.16. The number of piperidine rings is 1. The van der Waals surface area contributed by atoms with E-state index in [9.17, 15) is 28.8 Å². The molecule has 0 aromatic heterocycles. The summed E-state index contributed by atoms with van der Waals surface area (Å²) >= 11 is 0. The molecule has 3 rings (SSSR count). The summed E-state index contributed by atoms with van der Waals surface area (Å²) in [5.74, 6) is -2.36. The van der Waals surface area contributed by atoms with Gasteiger partial charge in [-0.05, 0) is 62.0 Å². The first kappa shape index (κ1) is 43.6. The maximum absolute atomic E-state index is 14.1. The lowest BCUT2D eigenvalue weighted by molar-refractivity contribution is -0.140. The molecule has 1 aliphatic rings. The molecule has 6 N–H and O–H groups in total. The number of nitrogens with two attached hydrogens (primary N) is 1. The van der Waals surface area contributed by atoms with Crippen LogP contribution in [0.15, 0.2) is 60.7 Å². The van der Waals surface area contributed by atoms with E-state index in [4.69, 9.17) is 5.73 Å². The van der Waals surface area contributed by atoms with E-state index >= 15 is 0 Å². The molecule has 13 heteroatoms. The van der Waals surface area contributed by atoms with Crippen LogP contribution in [0.2, 0.25) is 0 Å². The average molecular weight is 749 g/mol. The summed E-state index contributed by atoms with van der Waals surface area (Å²) in [5, 5.41) is 11.1. The Balaban J connectivity index is 1.76. The van der Waals surface area contributed by atoms with Crippen LogP contribution in [0, 0.1) is 17.8 Å². The Hall–Kier alpha value is -4.78. The van der Waals surface area contributed by atoms with Crippen LogP contribution in [-0.4, -0.2) is 92.3 Å². The average Bonchev–Trinajstić information content (AvgIpc) is 3.17. The molecular weight excluding hydrogens is 688 g/mol. The lowest BCUT2D eigenvalue weighted by Crippen LogP contribution is -2.50. The molecule has 0 saturated carbocycles. The van der Waals surface area contributed by atoms with Crippen LogP contribution in [0.25, 0.3) is 0 Å². The molecule has 2 aromatic rings. The number of benzene rings is 2. The van der Waals surface area contributed by atoms with Crippen molar-refractivity contribution in [3.63, 3.8) is 0 Å². The molecule has 0 unspecified atom stereocenters. The molecule has 0 aliphatic carbocycles. The van der Waals surface area contributed by atoms with Crippen LogP contribution in [0.1, 0.15) is 76.3 Å². The van der Waals surface area contributed by atoms with E-state index in [0.29, 0.717) is 71.0 Å². The Labute approximate surface area is 319 Å². The molecule has 1 fully saturated rings. The number of likely N-dealkylation sites (tertiary alicyclic amines) is 1. The van der Waals surface area contributed by atoms with Crippen molar-refractivity contribution in [3.05, 3.63) is 71.8 Å². The van der Waals surface area contributed by atoms with Crippen LogP contribution in [0.3, 0.4) is 0 Å².